The summed E-state index contributed by atoms with van der Waals surface area (Å²) in [5.74, 6) is 0.699. The van der Waals surface area contributed by atoms with E-state index in [1.54, 1.807) is 5.57 Å². The second-order valence-electron chi connectivity index (χ2n) is 5.06. The molecule has 98 valence electrons. The second kappa shape index (κ2) is 7.20. The summed E-state index contributed by atoms with van der Waals surface area (Å²) in [5, 5.41) is 0. The highest BCUT2D eigenvalue weighted by molar-refractivity contribution is 5.32. The number of aryl methyl sites for hydroxylation is 1. The molecule has 1 aliphatic rings. The molecule has 1 aromatic carbocycles. The van der Waals surface area contributed by atoms with Crippen LogP contribution in [0, 0.1) is 12.8 Å². The molecule has 1 unspecified atom stereocenters. The van der Waals surface area contributed by atoms with E-state index in [0.29, 0.717) is 5.92 Å². The molecule has 0 saturated heterocycles. The molecule has 18 heavy (non-hydrogen) atoms. The van der Waals surface area contributed by atoms with Crippen molar-refractivity contribution in [3.63, 3.8) is 0 Å². The lowest BCUT2D eigenvalue weighted by atomic mass is 9.89. The van der Waals surface area contributed by atoms with Gasteiger partial charge in [0, 0.05) is 0 Å². The standard InChI is InChI=1S/C16H20.C2H6/c1-12-4-6-15(7-5-12)11-16-9-13(2)8-14(3)10-16;1-2/h4-9,14H,10-11H2,1-3H3;1-2H3. The fraction of sp³-hybridized carbons (Fsp3) is 0.444. The number of hydrogen-bond acceptors (Lipinski definition) is 0. The largest absolute Gasteiger partial charge is 0.0784 e. The van der Waals surface area contributed by atoms with Gasteiger partial charge in [-0.2, -0.15) is 0 Å². The maximum atomic E-state index is 2.36. The molecule has 1 aliphatic carbocycles. The molecule has 0 radical (unpaired) electrons. The molecule has 0 saturated carbocycles. The van der Waals surface area contributed by atoms with Gasteiger partial charge in [0.1, 0.15) is 0 Å². The molecule has 0 aliphatic heterocycles. The molecule has 0 bridgehead atoms. The Morgan fingerprint density at radius 3 is 2.22 bits per heavy atom. The smallest absolute Gasteiger partial charge is 0.00637 e. The minimum atomic E-state index is 0.699. The van der Waals surface area contributed by atoms with E-state index < -0.39 is 0 Å². The van der Waals surface area contributed by atoms with Crippen LogP contribution in [0.15, 0.2) is 47.6 Å². The van der Waals surface area contributed by atoms with Crippen molar-refractivity contribution in [2.75, 3.05) is 0 Å². The van der Waals surface area contributed by atoms with Crippen LogP contribution < -0.4 is 0 Å². The van der Waals surface area contributed by atoms with Crippen LogP contribution in [0.25, 0.3) is 0 Å². The first-order chi connectivity index (χ1) is 8.63. The average Bonchev–Trinajstić information content (AvgIpc) is 2.33. The van der Waals surface area contributed by atoms with Crippen molar-refractivity contribution in [3.05, 3.63) is 58.7 Å². The Morgan fingerprint density at radius 2 is 1.67 bits per heavy atom. The summed E-state index contributed by atoms with van der Waals surface area (Å²) in [5.41, 5.74) is 5.75. The zero-order valence-corrected chi connectivity index (χ0v) is 12.5. The zero-order chi connectivity index (χ0) is 13.5. The first-order valence-corrected chi connectivity index (χ1v) is 7.07. The zero-order valence-electron chi connectivity index (χ0n) is 12.5. The van der Waals surface area contributed by atoms with E-state index in [1.165, 1.54) is 23.1 Å². The van der Waals surface area contributed by atoms with Crippen molar-refractivity contribution < 1.29 is 0 Å². The van der Waals surface area contributed by atoms with Crippen molar-refractivity contribution in [2.24, 2.45) is 5.92 Å². The van der Waals surface area contributed by atoms with Crippen molar-refractivity contribution in [1.29, 1.82) is 0 Å². The third kappa shape index (κ3) is 4.52. The predicted molar refractivity (Wildman–Crippen MR) is 81.9 cm³/mol. The number of allylic oxidation sites excluding steroid dienone is 4. The van der Waals surface area contributed by atoms with Gasteiger partial charge in [-0.1, -0.05) is 73.9 Å². The number of hydrogen-bond donors (Lipinski definition) is 0. The highest BCUT2D eigenvalue weighted by atomic mass is 14.1. The monoisotopic (exact) mass is 242 g/mol. The third-order valence-electron chi connectivity index (χ3n) is 3.12. The van der Waals surface area contributed by atoms with Crippen LogP contribution in [0.3, 0.4) is 0 Å². The van der Waals surface area contributed by atoms with E-state index in [0.717, 1.165) is 6.42 Å². The number of benzene rings is 1. The van der Waals surface area contributed by atoms with Crippen LogP contribution in [-0.4, -0.2) is 0 Å². The molecule has 0 spiro atoms. The van der Waals surface area contributed by atoms with Crippen LogP contribution >= 0.6 is 0 Å². The maximum Gasteiger partial charge on any atom is -0.00637 e. The van der Waals surface area contributed by atoms with Gasteiger partial charge in [0.25, 0.3) is 0 Å². The summed E-state index contributed by atoms with van der Waals surface area (Å²) in [6.07, 6.45) is 7.03. The molecule has 2 rings (SSSR count). The van der Waals surface area contributed by atoms with E-state index in [-0.39, 0.29) is 0 Å². The summed E-state index contributed by atoms with van der Waals surface area (Å²) in [7, 11) is 0. The normalized spacial score (nSPS) is 18.4. The molecule has 0 N–H and O–H groups in total. The van der Waals surface area contributed by atoms with Crippen LogP contribution in [0.1, 0.15) is 45.2 Å². The fourth-order valence-electron chi connectivity index (χ4n) is 2.44. The minimum Gasteiger partial charge on any atom is -0.0784 e. The average molecular weight is 242 g/mol. The molecule has 0 fully saturated rings. The molecule has 0 amide bonds. The van der Waals surface area contributed by atoms with Crippen LogP contribution in [0.2, 0.25) is 0 Å². The van der Waals surface area contributed by atoms with Crippen molar-refractivity contribution in [1.82, 2.24) is 0 Å². The predicted octanol–water partition coefficient (Wildman–Crippen LogP) is 5.48. The highest BCUT2D eigenvalue weighted by Crippen LogP contribution is 2.24. The Bertz CT molecular complexity index is 418. The van der Waals surface area contributed by atoms with Gasteiger partial charge in [-0.3, -0.25) is 0 Å². The number of rotatable bonds is 2. The van der Waals surface area contributed by atoms with Crippen LogP contribution in [0.5, 0.6) is 0 Å². The van der Waals surface area contributed by atoms with Gasteiger partial charge in [0.05, 0.1) is 0 Å². The van der Waals surface area contributed by atoms with Crippen molar-refractivity contribution >= 4 is 0 Å². The van der Waals surface area contributed by atoms with Crippen LogP contribution in [0.4, 0.5) is 0 Å². The van der Waals surface area contributed by atoms with Crippen molar-refractivity contribution in [3.8, 4) is 0 Å². The summed E-state index contributed by atoms with van der Waals surface area (Å²) >= 11 is 0. The first kappa shape index (κ1) is 14.8. The lowest BCUT2D eigenvalue weighted by Gasteiger charge is -2.17. The van der Waals surface area contributed by atoms with Gasteiger partial charge in [-0.05, 0) is 38.2 Å². The molecule has 1 aromatic rings. The van der Waals surface area contributed by atoms with E-state index in [4.69, 9.17) is 0 Å². The topological polar surface area (TPSA) is 0 Å². The lowest BCUT2D eigenvalue weighted by Crippen LogP contribution is -2.02. The quantitative estimate of drug-likeness (QED) is 0.644. The molecule has 1 atom stereocenters. The van der Waals surface area contributed by atoms with Gasteiger partial charge in [-0.25, -0.2) is 0 Å². The molecule has 0 heterocycles. The lowest BCUT2D eigenvalue weighted by molar-refractivity contribution is 0.686. The Balaban J connectivity index is 0.000000771. The minimum absolute atomic E-state index is 0.699. The Hall–Kier alpha value is -1.30. The molecular formula is C18H26. The van der Waals surface area contributed by atoms with E-state index in [9.17, 15) is 0 Å². The van der Waals surface area contributed by atoms with Gasteiger partial charge in [0.15, 0.2) is 0 Å². The third-order valence-corrected chi connectivity index (χ3v) is 3.12. The van der Waals surface area contributed by atoms with E-state index in [1.807, 2.05) is 13.8 Å². The SMILES string of the molecule is CC.CC1=CC(C)CC(Cc2ccc(C)cc2)=C1. The summed E-state index contributed by atoms with van der Waals surface area (Å²) in [6, 6.07) is 8.89. The Morgan fingerprint density at radius 1 is 1.06 bits per heavy atom. The summed E-state index contributed by atoms with van der Waals surface area (Å²) in [6.45, 7) is 10.6. The van der Waals surface area contributed by atoms with Gasteiger partial charge >= 0.3 is 0 Å². The molecule has 0 aromatic heterocycles. The van der Waals surface area contributed by atoms with Crippen LogP contribution in [-0.2, 0) is 6.42 Å². The fourth-order valence-corrected chi connectivity index (χ4v) is 2.44. The van der Waals surface area contributed by atoms with Crippen molar-refractivity contribution in [2.45, 2.75) is 47.5 Å². The Labute approximate surface area is 112 Å². The summed E-state index contributed by atoms with van der Waals surface area (Å²) in [4.78, 5) is 0. The van der Waals surface area contributed by atoms with Gasteiger partial charge in [0.2, 0.25) is 0 Å². The maximum absolute atomic E-state index is 2.36. The summed E-state index contributed by atoms with van der Waals surface area (Å²) < 4.78 is 0. The molecule has 0 nitrogen and oxygen atoms in total. The Kier molecular flexibility index (Phi) is 5.91. The molecule has 0 heteroatoms. The van der Waals surface area contributed by atoms with Gasteiger partial charge < -0.3 is 0 Å². The second-order valence-corrected chi connectivity index (χ2v) is 5.06. The molecular weight excluding hydrogens is 216 g/mol. The van der Waals surface area contributed by atoms with E-state index >= 15 is 0 Å². The highest BCUT2D eigenvalue weighted by Gasteiger charge is 2.09. The van der Waals surface area contributed by atoms with Gasteiger partial charge in [-0.15, -0.1) is 0 Å². The van der Waals surface area contributed by atoms with E-state index in [2.05, 4.69) is 57.2 Å². The first-order valence-electron chi connectivity index (χ1n) is 7.07.